The molecule has 3 rings (SSSR count). The van der Waals surface area contributed by atoms with Gasteiger partial charge in [-0.25, -0.2) is 9.37 Å². The Morgan fingerprint density at radius 1 is 1.08 bits per heavy atom. The molecule has 0 aliphatic carbocycles. The third-order valence-electron chi connectivity index (χ3n) is 3.43. The van der Waals surface area contributed by atoms with Crippen molar-refractivity contribution >= 4 is 23.1 Å². The summed E-state index contributed by atoms with van der Waals surface area (Å²) >= 11 is 1.60. The first-order chi connectivity index (χ1) is 11.7. The molecular weight excluding hydrogens is 325 g/mol. The predicted octanol–water partition coefficient (Wildman–Crippen LogP) is 3.82. The van der Waals surface area contributed by atoms with Crippen LogP contribution in [-0.2, 0) is 13.1 Å². The number of amides is 1. The van der Waals surface area contributed by atoms with Gasteiger partial charge < -0.3 is 10.6 Å². The van der Waals surface area contributed by atoms with Gasteiger partial charge in [-0.15, -0.1) is 11.3 Å². The van der Waals surface area contributed by atoms with Crippen molar-refractivity contribution in [2.75, 3.05) is 5.32 Å². The molecule has 0 bridgehead atoms. The van der Waals surface area contributed by atoms with Gasteiger partial charge in [0.2, 0.25) is 0 Å². The van der Waals surface area contributed by atoms with Crippen molar-refractivity contribution in [3.05, 3.63) is 81.9 Å². The molecule has 2 N–H and O–H groups in total. The first-order valence-corrected chi connectivity index (χ1v) is 8.34. The Labute approximate surface area is 143 Å². The van der Waals surface area contributed by atoms with E-state index in [0.29, 0.717) is 24.5 Å². The minimum absolute atomic E-state index is 0.182. The maximum Gasteiger partial charge on any atom is 0.255 e. The van der Waals surface area contributed by atoms with Crippen molar-refractivity contribution in [2.45, 2.75) is 13.1 Å². The summed E-state index contributed by atoms with van der Waals surface area (Å²) in [7, 11) is 0. The molecule has 3 aromatic rings. The van der Waals surface area contributed by atoms with E-state index < -0.39 is 0 Å². The second-order valence-electron chi connectivity index (χ2n) is 5.14. The van der Waals surface area contributed by atoms with Crippen LogP contribution in [0.4, 0.5) is 10.2 Å². The van der Waals surface area contributed by atoms with Gasteiger partial charge in [0.15, 0.2) is 0 Å². The Balaban J connectivity index is 1.65. The maximum atomic E-state index is 12.9. The normalized spacial score (nSPS) is 10.4. The summed E-state index contributed by atoms with van der Waals surface area (Å²) in [6, 6.07) is 13.6. The van der Waals surface area contributed by atoms with Gasteiger partial charge in [0, 0.05) is 17.6 Å². The number of pyridine rings is 1. The molecule has 0 fully saturated rings. The van der Waals surface area contributed by atoms with Crippen LogP contribution in [-0.4, -0.2) is 10.9 Å². The van der Waals surface area contributed by atoms with Crippen molar-refractivity contribution in [3.63, 3.8) is 0 Å². The lowest BCUT2D eigenvalue weighted by molar-refractivity contribution is 0.0952. The Morgan fingerprint density at radius 2 is 1.92 bits per heavy atom. The van der Waals surface area contributed by atoms with Crippen LogP contribution in [0.1, 0.15) is 20.8 Å². The fourth-order valence-corrected chi connectivity index (χ4v) is 2.84. The lowest BCUT2D eigenvalue weighted by Gasteiger charge is -2.11. The number of hydrogen-bond donors (Lipinski definition) is 2. The van der Waals surface area contributed by atoms with Crippen LogP contribution in [0.25, 0.3) is 0 Å². The fourth-order valence-electron chi connectivity index (χ4n) is 2.19. The van der Waals surface area contributed by atoms with Gasteiger partial charge in [0.1, 0.15) is 11.6 Å². The first kappa shape index (κ1) is 16.1. The van der Waals surface area contributed by atoms with Crippen molar-refractivity contribution < 1.29 is 9.18 Å². The molecule has 0 unspecified atom stereocenters. The van der Waals surface area contributed by atoms with Crippen LogP contribution < -0.4 is 10.6 Å². The number of nitrogens with one attached hydrogen (secondary N) is 2. The molecule has 0 spiro atoms. The molecule has 4 nitrogen and oxygen atoms in total. The topological polar surface area (TPSA) is 54.0 Å². The minimum Gasteiger partial charge on any atom is -0.365 e. The molecule has 2 aromatic heterocycles. The van der Waals surface area contributed by atoms with E-state index in [0.717, 1.165) is 10.4 Å². The summed E-state index contributed by atoms with van der Waals surface area (Å²) in [5.41, 5.74) is 1.39. The Kier molecular flexibility index (Phi) is 5.18. The minimum atomic E-state index is -0.273. The number of halogens is 1. The zero-order valence-corrected chi connectivity index (χ0v) is 13.6. The van der Waals surface area contributed by atoms with Gasteiger partial charge in [0.05, 0.1) is 12.1 Å². The number of aromatic nitrogens is 1. The Morgan fingerprint density at radius 3 is 2.67 bits per heavy atom. The first-order valence-electron chi connectivity index (χ1n) is 7.46. The summed E-state index contributed by atoms with van der Waals surface area (Å²) < 4.78 is 12.9. The number of rotatable bonds is 6. The average Bonchev–Trinajstić information content (AvgIpc) is 3.13. The molecule has 0 radical (unpaired) electrons. The van der Waals surface area contributed by atoms with Crippen molar-refractivity contribution in [2.24, 2.45) is 0 Å². The van der Waals surface area contributed by atoms with E-state index in [1.54, 1.807) is 41.8 Å². The highest BCUT2D eigenvalue weighted by Crippen LogP contribution is 2.14. The number of carbonyl (C=O) groups is 1. The number of carbonyl (C=O) groups excluding carboxylic acids is 1. The largest absolute Gasteiger partial charge is 0.365 e. The smallest absolute Gasteiger partial charge is 0.255 e. The van der Waals surface area contributed by atoms with E-state index in [-0.39, 0.29) is 11.7 Å². The third kappa shape index (κ3) is 4.17. The average molecular weight is 341 g/mol. The second kappa shape index (κ2) is 7.70. The van der Waals surface area contributed by atoms with E-state index in [9.17, 15) is 9.18 Å². The molecule has 0 aliphatic heterocycles. The van der Waals surface area contributed by atoms with E-state index in [4.69, 9.17) is 0 Å². The highest BCUT2D eigenvalue weighted by Gasteiger charge is 2.12. The summed E-state index contributed by atoms with van der Waals surface area (Å²) in [5, 5.41) is 7.99. The molecular formula is C18H16FN3OS. The zero-order chi connectivity index (χ0) is 16.8. The van der Waals surface area contributed by atoms with Gasteiger partial charge in [-0.1, -0.05) is 18.2 Å². The molecule has 2 heterocycles. The quantitative estimate of drug-likeness (QED) is 0.716. The summed E-state index contributed by atoms with van der Waals surface area (Å²) in [6.45, 7) is 0.950. The summed E-state index contributed by atoms with van der Waals surface area (Å²) in [6.07, 6.45) is 1.63. The van der Waals surface area contributed by atoms with E-state index >= 15 is 0 Å². The number of hydrogen-bond acceptors (Lipinski definition) is 4. The van der Waals surface area contributed by atoms with Crippen LogP contribution in [0.15, 0.2) is 60.1 Å². The number of benzene rings is 1. The van der Waals surface area contributed by atoms with Crippen molar-refractivity contribution in [1.29, 1.82) is 0 Å². The zero-order valence-electron chi connectivity index (χ0n) is 12.8. The SMILES string of the molecule is O=C(NCc1cccs1)c1cccnc1NCc1ccc(F)cc1. The van der Waals surface area contributed by atoms with Crippen LogP contribution in [0, 0.1) is 5.82 Å². The highest BCUT2D eigenvalue weighted by atomic mass is 32.1. The van der Waals surface area contributed by atoms with E-state index in [1.807, 2.05) is 17.5 Å². The third-order valence-corrected chi connectivity index (χ3v) is 4.31. The van der Waals surface area contributed by atoms with Gasteiger partial charge in [-0.2, -0.15) is 0 Å². The summed E-state index contributed by atoms with van der Waals surface area (Å²) in [5.74, 6) is 0.0499. The molecule has 24 heavy (non-hydrogen) atoms. The molecule has 6 heteroatoms. The summed E-state index contributed by atoms with van der Waals surface area (Å²) in [4.78, 5) is 17.7. The molecule has 122 valence electrons. The monoisotopic (exact) mass is 341 g/mol. The van der Waals surface area contributed by atoms with Crippen molar-refractivity contribution in [1.82, 2.24) is 10.3 Å². The number of nitrogens with zero attached hydrogens (tertiary/aromatic N) is 1. The Bertz CT molecular complexity index is 803. The van der Waals surface area contributed by atoms with Gasteiger partial charge in [0.25, 0.3) is 5.91 Å². The van der Waals surface area contributed by atoms with Gasteiger partial charge in [-0.05, 0) is 41.3 Å². The van der Waals surface area contributed by atoms with Crippen LogP contribution in [0.2, 0.25) is 0 Å². The molecule has 1 amide bonds. The standard InChI is InChI=1S/C18H16FN3OS/c19-14-7-5-13(6-8-14)11-21-17-16(4-1-9-20-17)18(23)22-12-15-3-2-10-24-15/h1-10H,11-12H2,(H,20,21)(H,22,23). The number of thiophene rings is 1. The number of anilines is 1. The molecule has 0 saturated carbocycles. The molecule has 0 saturated heterocycles. The Hall–Kier alpha value is -2.73. The molecule has 0 aliphatic rings. The fraction of sp³-hybridized carbons (Fsp3) is 0.111. The van der Waals surface area contributed by atoms with Gasteiger partial charge in [-0.3, -0.25) is 4.79 Å². The van der Waals surface area contributed by atoms with E-state index in [2.05, 4.69) is 15.6 Å². The van der Waals surface area contributed by atoms with Crippen LogP contribution >= 0.6 is 11.3 Å². The maximum absolute atomic E-state index is 12.9. The van der Waals surface area contributed by atoms with Crippen LogP contribution in [0.3, 0.4) is 0 Å². The van der Waals surface area contributed by atoms with Gasteiger partial charge >= 0.3 is 0 Å². The molecule has 0 atom stereocenters. The highest BCUT2D eigenvalue weighted by molar-refractivity contribution is 7.09. The lowest BCUT2D eigenvalue weighted by Crippen LogP contribution is -2.24. The van der Waals surface area contributed by atoms with Crippen LogP contribution in [0.5, 0.6) is 0 Å². The van der Waals surface area contributed by atoms with E-state index in [1.165, 1.54) is 12.1 Å². The second-order valence-corrected chi connectivity index (χ2v) is 6.17. The molecule has 1 aromatic carbocycles. The van der Waals surface area contributed by atoms with Crippen molar-refractivity contribution in [3.8, 4) is 0 Å². The predicted molar refractivity (Wildman–Crippen MR) is 93.5 cm³/mol. The lowest BCUT2D eigenvalue weighted by atomic mass is 10.2.